The number of nitrogens with two attached hydrogens (primary N) is 1. The molecule has 7 heteroatoms. The molecular weight excluding hydrogens is 198 g/mol. The Balaban J connectivity index is 2.47. The van der Waals surface area contributed by atoms with Crippen molar-refractivity contribution < 1.29 is 9.59 Å². The van der Waals surface area contributed by atoms with Crippen LogP contribution in [0, 0.1) is 0 Å². The number of hydrogen-bond donors (Lipinski definition) is 3. The fourth-order valence-electron chi connectivity index (χ4n) is 0.728. The first kappa shape index (κ1) is 10.6. The molecule has 1 rings (SSSR count). The maximum Gasteiger partial charge on any atom is 0.289 e. The topological polar surface area (TPSA) is 110 Å². The van der Waals surface area contributed by atoms with E-state index >= 15 is 0 Å². The van der Waals surface area contributed by atoms with E-state index in [0.717, 1.165) is 12.3 Å². The van der Waals surface area contributed by atoms with Crippen LogP contribution in [-0.2, 0) is 4.79 Å². The van der Waals surface area contributed by atoms with E-state index < -0.39 is 11.8 Å². The zero-order valence-corrected chi connectivity index (χ0v) is 7.68. The number of aromatic nitrogens is 2. The van der Waals surface area contributed by atoms with Crippen LogP contribution >= 0.6 is 0 Å². The van der Waals surface area contributed by atoms with Crippen molar-refractivity contribution in [3.63, 3.8) is 0 Å². The summed E-state index contributed by atoms with van der Waals surface area (Å²) in [4.78, 5) is 29.6. The van der Waals surface area contributed by atoms with Crippen molar-refractivity contribution in [1.29, 1.82) is 0 Å². The van der Waals surface area contributed by atoms with E-state index in [4.69, 9.17) is 5.73 Å². The molecule has 2 amide bonds. The lowest BCUT2D eigenvalue weighted by Gasteiger charge is -2.03. The minimum atomic E-state index is -0.554. The molecule has 0 aliphatic carbocycles. The summed E-state index contributed by atoms with van der Waals surface area (Å²) >= 11 is 0. The van der Waals surface area contributed by atoms with Crippen molar-refractivity contribution in [2.45, 2.75) is 0 Å². The Kier molecular flexibility index (Phi) is 3.78. The third-order valence-corrected chi connectivity index (χ3v) is 1.34. The highest BCUT2D eigenvalue weighted by atomic mass is 16.2. The van der Waals surface area contributed by atoms with Gasteiger partial charge in [-0.2, -0.15) is 0 Å². The molecule has 0 atom stereocenters. The molecule has 0 aliphatic rings. The SMILES string of the molecule is N/C=C\C(=O)NNC(=O)c1cnccn1. The molecule has 15 heavy (non-hydrogen) atoms. The summed E-state index contributed by atoms with van der Waals surface area (Å²) in [7, 11) is 0. The Morgan fingerprint density at radius 3 is 2.73 bits per heavy atom. The highest BCUT2D eigenvalue weighted by Gasteiger charge is 2.06. The van der Waals surface area contributed by atoms with Gasteiger partial charge in [-0.05, 0) is 6.20 Å². The van der Waals surface area contributed by atoms with Gasteiger partial charge in [0.05, 0.1) is 6.20 Å². The van der Waals surface area contributed by atoms with Gasteiger partial charge in [0, 0.05) is 18.5 Å². The second-order valence-electron chi connectivity index (χ2n) is 2.39. The number of rotatable bonds is 2. The summed E-state index contributed by atoms with van der Waals surface area (Å²) in [5.74, 6) is -1.09. The Hall–Kier alpha value is -2.44. The predicted octanol–water partition coefficient (Wildman–Crippen LogP) is -1.29. The van der Waals surface area contributed by atoms with E-state index in [1.165, 1.54) is 18.6 Å². The van der Waals surface area contributed by atoms with Crippen LogP contribution in [0.3, 0.4) is 0 Å². The fourth-order valence-corrected chi connectivity index (χ4v) is 0.728. The van der Waals surface area contributed by atoms with Gasteiger partial charge in [0.25, 0.3) is 11.8 Å². The van der Waals surface area contributed by atoms with E-state index in [-0.39, 0.29) is 5.69 Å². The van der Waals surface area contributed by atoms with Crippen molar-refractivity contribution in [1.82, 2.24) is 20.8 Å². The summed E-state index contributed by atoms with van der Waals surface area (Å²) in [6.45, 7) is 0. The third-order valence-electron chi connectivity index (χ3n) is 1.34. The summed E-state index contributed by atoms with van der Waals surface area (Å²) < 4.78 is 0. The summed E-state index contributed by atoms with van der Waals surface area (Å²) in [6, 6.07) is 0. The minimum Gasteiger partial charge on any atom is -0.404 e. The van der Waals surface area contributed by atoms with Crippen LogP contribution in [0.15, 0.2) is 30.9 Å². The van der Waals surface area contributed by atoms with Gasteiger partial charge in [0.15, 0.2) is 0 Å². The molecule has 0 radical (unpaired) electrons. The first-order chi connectivity index (χ1) is 7.24. The quantitative estimate of drug-likeness (QED) is 0.413. The molecule has 0 bridgehead atoms. The smallest absolute Gasteiger partial charge is 0.289 e. The van der Waals surface area contributed by atoms with Crippen molar-refractivity contribution in [3.8, 4) is 0 Å². The zero-order chi connectivity index (χ0) is 11.1. The maximum absolute atomic E-state index is 11.3. The number of nitrogens with one attached hydrogen (secondary N) is 2. The van der Waals surface area contributed by atoms with Gasteiger partial charge in [-0.15, -0.1) is 0 Å². The lowest BCUT2D eigenvalue weighted by molar-refractivity contribution is -0.117. The molecule has 0 fully saturated rings. The van der Waals surface area contributed by atoms with Crippen LogP contribution in [0.5, 0.6) is 0 Å². The largest absolute Gasteiger partial charge is 0.404 e. The van der Waals surface area contributed by atoms with Gasteiger partial charge in [-0.3, -0.25) is 25.4 Å². The summed E-state index contributed by atoms with van der Waals surface area (Å²) in [6.07, 6.45) is 6.21. The van der Waals surface area contributed by atoms with E-state index in [1.807, 2.05) is 0 Å². The lowest BCUT2D eigenvalue weighted by Crippen LogP contribution is -2.41. The van der Waals surface area contributed by atoms with E-state index in [2.05, 4.69) is 20.8 Å². The highest BCUT2D eigenvalue weighted by Crippen LogP contribution is 1.87. The number of hydrogen-bond acceptors (Lipinski definition) is 5. The number of carbonyl (C=O) groups is 2. The molecule has 7 nitrogen and oxygen atoms in total. The summed E-state index contributed by atoms with van der Waals surface area (Å²) in [5.41, 5.74) is 9.32. The first-order valence-corrected chi connectivity index (χ1v) is 3.98. The lowest BCUT2D eigenvalue weighted by atomic mass is 10.4. The third kappa shape index (κ3) is 3.43. The molecule has 0 aromatic carbocycles. The van der Waals surface area contributed by atoms with Crippen molar-refractivity contribution >= 4 is 11.8 Å². The van der Waals surface area contributed by atoms with Gasteiger partial charge in [-0.25, -0.2) is 4.98 Å². The molecule has 0 saturated heterocycles. The predicted molar refractivity (Wildman–Crippen MR) is 51.0 cm³/mol. The van der Waals surface area contributed by atoms with Crippen LogP contribution in [0.2, 0.25) is 0 Å². The van der Waals surface area contributed by atoms with Gasteiger partial charge in [-0.1, -0.05) is 0 Å². The van der Waals surface area contributed by atoms with Crippen LogP contribution in [0.1, 0.15) is 10.5 Å². The summed E-state index contributed by atoms with van der Waals surface area (Å²) in [5, 5.41) is 0. The molecular formula is C8H9N5O2. The van der Waals surface area contributed by atoms with Gasteiger partial charge < -0.3 is 5.73 Å². The van der Waals surface area contributed by atoms with Gasteiger partial charge >= 0.3 is 0 Å². The van der Waals surface area contributed by atoms with Crippen molar-refractivity contribution in [3.05, 3.63) is 36.6 Å². The number of nitrogens with zero attached hydrogens (tertiary/aromatic N) is 2. The maximum atomic E-state index is 11.3. The molecule has 0 unspecified atom stereocenters. The first-order valence-electron chi connectivity index (χ1n) is 3.98. The standard InChI is InChI=1S/C8H9N5O2/c9-2-1-7(14)12-13-8(15)6-5-10-3-4-11-6/h1-5H,9H2,(H,12,14)(H,13,15)/b2-1-. The Labute approximate surface area is 85.4 Å². The Morgan fingerprint density at radius 1 is 1.33 bits per heavy atom. The van der Waals surface area contributed by atoms with Crippen molar-refractivity contribution in [2.24, 2.45) is 5.73 Å². The van der Waals surface area contributed by atoms with E-state index in [9.17, 15) is 9.59 Å². The van der Waals surface area contributed by atoms with E-state index in [1.54, 1.807) is 0 Å². The highest BCUT2D eigenvalue weighted by molar-refractivity contribution is 5.95. The van der Waals surface area contributed by atoms with Crippen LogP contribution in [0.25, 0.3) is 0 Å². The van der Waals surface area contributed by atoms with Gasteiger partial charge in [0.2, 0.25) is 0 Å². The average Bonchev–Trinajstić information content (AvgIpc) is 2.27. The molecule has 0 aliphatic heterocycles. The molecule has 4 N–H and O–H groups in total. The van der Waals surface area contributed by atoms with E-state index in [0.29, 0.717) is 0 Å². The van der Waals surface area contributed by atoms with Gasteiger partial charge in [0.1, 0.15) is 5.69 Å². The molecule has 0 spiro atoms. The number of hydrazine groups is 1. The van der Waals surface area contributed by atoms with Crippen molar-refractivity contribution in [2.75, 3.05) is 0 Å². The second-order valence-corrected chi connectivity index (χ2v) is 2.39. The Morgan fingerprint density at radius 2 is 2.13 bits per heavy atom. The molecule has 78 valence electrons. The second kappa shape index (κ2) is 5.32. The molecule has 1 heterocycles. The molecule has 1 aromatic rings. The van der Waals surface area contributed by atoms with Crippen LogP contribution in [0.4, 0.5) is 0 Å². The number of carbonyl (C=O) groups excluding carboxylic acids is 2. The minimum absolute atomic E-state index is 0.106. The average molecular weight is 207 g/mol. The van der Waals surface area contributed by atoms with Crippen LogP contribution in [-0.4, -0.2) is 21.8 Å². The number of amides is 2. The Bertz CT molecular complexity index is 376. The molecule has 1 aromatic heterocycles. The normalized spacial score (nSPS) is 9.87. The monoisotopic (exact) mass is 207 g/mol. The fraction of sp³-hybridized carbons (Fsp3) is 0. The zero-order valence-electron chi connectivity index (χ0n) is 7.68. The molecule has 0 saturated carbocycles. The van der Waals surface area contributed by atoms with Crippen LogP contribution < -0.4 is 16.6 Å².